The number of hydrogen-bond donors (Lipinski definition) is 4. The average Bonchev–Trinajstić information content (AvgIpc) is 2.87. The van der Waals surface area contributed by atoms with Crippen LogP contribution in [0.1, 0.15) is 80.6 Å². The van der Waals surface area contributed by atoms with Crippen LogP contribution in [0.2, 0.25) is 0 Å². The maximum Gasteiger partial charge on any atom is 0.334 e. The van der Waals surface area contributed by atoms with E-state index in [0.717, 1.165) is 18.4 Å². The quantitative estimate of drug-likeness (QED) is 0.245. The molecule has 1 heterocycles. The minimum absolute atomic E-state index is 0.0175. The third-order valence-electron chi connectivity index (χ3n) is 7.67. The van der Waals surface area contributed by atoms with Gasteiger partial charge in [0.1, 0.15) is 6.10 Å². The largest absolute Gasteiger partial charge is 0.458 e. The number of hydrogen-bond acceptors (Lipinski definition) is 6. The minimum Gasteiger partial charge on any atom is -0.458 e. The smallest absolute Gasteiger partial charge is 0.334 e. The second-order valence-electron chi connectivity index (χ2n) is 11.2. The molecule has 0 bridgehead atoms. The van der Waals surface area contributed by atoms with Gasteiger partial charge >= 0.3 is 5.97 Å². The number of rotatable bonds is 8. The third kappa shape index (κ3) is 12.2. The van der Waals surface area contributed by atoms with E-state index in [1.165, 1.54) is 0 Å². The number of carbonyl (C=O) groups excluding carboxylic acids is 1. The zero-order valence-corrected chi connectivity index (χ0v) is 24.5. The first-order valence-corrected chi connectivity index (χ1v) is 14.1. The van der Waals surface area contributed by atoms with Gasteiger partial charge < -0.3 is 25.2 Å². The van der Waals surface area contributed by atoms with E-state index in [4.69, 9.17) is 4.74 Å². The molecule has 0 aromatic carbocycles. The van der Waals surface area contributed by atoms with E-state index in [0.29, 0.717) is 24.8 Å². The van der Waals surface area contributed by atoms with Gasteiger partial charge in [0.15, 0.2) is 0 Å². The summed E-state index contributed by atoms with van der Waals surface area (Å²) >= 11 is 0. The Morgan fingerprint density at radius 3 is 2.24 bits per heavy atom. The fourth-order valence-corrected chi connectivity index (χ4v) is 4.53. The third-order valence-corrected chi connectivity index (χ3v) is 7.67. The van der Waals surface area contributed by atoms with Gasteiger partial charge in [0.05, 0.1) is 24.4 Å². The molecule has 1 rings (SSSR count). The monoisotopic (exact) mass is 532 g/mol. The Balaban J connectivity index is 3.01. The van der Waals surface area contributed by atoms with Crippen LogP contribution in [0.3, 0.4) is 0 Å². The zero-order chi connectivity index (χ0) is 28.8. The topological polar surface area (TPSA) is 107 Å². The Bertz CT molecular complexity index is 852. The maximum absolute atomic E-state index is 13.0. The summed E-state index contributed by atoms with van der Waals surface area (Å²) in [6.07, 6.45) is 15.7. The highest BCUT2D eigenvalue weighted by atomic mass is 16.5. The van der Waals surface area contributed by atoms with Crippen molar-refractivity contribution >= 4 is 5.97 Å². The van der Waals surface area contributed by atoms with Crippen LogP contribution in [-0.2, 0) is 9.53 Å². The predicted octanol–water partition coefficient (Wildman–Crippen LogP) is 5.43. The molecule has 0 aliphatic carbocycles. The fourth-order valence-electron chi connectivity index (χ4n) is 4.53. The molecule has 6 nitrogen and oxygen atoms in total. The van der Waals surface area contributed by atoms with Crippen LogP contribution >= 0.6 is 0 Å². The molecule has 38 heavy (non-hydrogen) atoms. The Hall–Kier alpha value is -1.99. The van der Waals surface area contributed by atoms with Crippen LogP contribution in [-0.4, -0.2) is 56.9 Å². The number of allylic oxidation sites excluding steroid dienone is 6. The number of esters is 1. The lowest BCUT2D eigenvalue weighted by Gasteiger charge is -2.31. The summed E-state index contributed by atoms with van der Waals surface area (Å²) in [4.78, 5) is 13.0. The Morgan fingerprint density at radius 1 is 0.947 bits per heavy atom. The van der Waals surface area contributed by atoms with Gasteiger partial charge in [0.25, 0.3) is 0 Å². The summed E-state index contributed by atoms with van der Waals surface area (Å²) in [6, 6.07) is 0. The molecule has 0 radical (unpaired) electrons. The van der Waals surface area contributed by atoms with Crippen molar-refractivity contribution < 1.29 is 30.0 Å². The van der Waals surface area contributed by atoms with Crippen LogP contribution in [0.25, 0.3) is 0 Å². The zero-order valence-electron chi connectivity index (χ0n) is 24.5. The van der Waals surface area contributed by atoms with Gasteiger partial charge in [-0.15, -0.1) is 0 Å². The van der Waals surface area contributed by atoms with E-state index in [2.05, 4.69) is 6.08 Å². The first kappa shape index (κ1) is 34.0. The highest BCUT2D eigenvalue weighted by Gasteiger charge is 2.30. The van der Waals surface area contributed by atoms with Crippen LogP contribution < -0.4 is 0 Å². The Morgan fingerprint density at radius 2 is 1.58 bits per heavy atom. The molecule has 1 aliphatic rings. The number of aliphatic hydroxyl groups is 4. The molecule has 216 valence electrons. The molecule has 0 spiro atoms. The lowest BCUT2D eigenvalue weighted by molar-refractivity contribution is -0.146. The molecule has 0 amide bonds. The molecule has 0 aromatic rings. The second-order valence-corrected chi connectivity index (χ2v) is 11.2. The molecule has 4 N–H and O–H groups in total. The van der Waals surface area contributed by atoms with Gasteiger partial charge in [0, 0.05) is 29.7 Å². The van der Waals surface area contributed by atoms with Crippen molar-refractivity contribution in [3.05, 3.63) is 59.8 Å². The van der Waals surface area contributed by atoms with E-state index < -0.39 is 24.4 Å². The van der Waals surface area contributed by atoms with Gasteiger partial charge in [-0.1, -0.05) is 75.8 Å². The van der Waals surface area contributed by atoms with Crippen LogP contribution in [0.4, 0.5) is 0 Å². The molecule has 0 fully saturated rings. The van der Waals surface area contributed by atoms with Gasteiger partial charge in [0.2, 0.25) is 0 Å². The summed E-state index contributed by atoms with van der Waals surface area (Å²) in [7, 11) is 0. The lowest BCUT2D eigenvalue weighted by Crippen LogP contribution is -2.38. The van der Waals surface area contributed by atoms with Crippen molar-refractivity contribution in [2.45, 2.75) is 111 Å². The van der Waals surface area contributed by atoms with Crippen LogP contribution in [0.5, 0.6) is 0 Å². The number of aliphatic hydroxyl groups excluding tert-OH is 4. The molecule has 6 heteroatoms. The van der Waals surface area contributed by atoms with Crippen molar-refractivity contribution in [1.82, 2.24) is 0 Å². The maximum atomic E-state index is 13.0. The molecule has 0 aromatic heterocycles. The molecule has 9 unspecified atom stereocenters. The van der Waals surface area contributed by atoms with Gasteiger partial charge in [-0.25, -0.2) is 4.79 Å². The number of carbonyl (C=O) groups is 1. The molecule has 9 atom stereocenters. The molecule has 0 saturated heterocycles. The van der Waals surface area contributed by atoms with E-state index in [1.54, 1.807) is 33.8 Å². The van der Waals surface area contributed by atoms with E-state index in [9.17, 15) is 25.2 Å². The Labute approximate surface area is 230 Å². The molecule has 1 aliphatic heterocycles. The summed E-state index contributed by atoms with van der Waals surface area (Å²) in [6.45, 7) is 12.8. The fraction of sp³-hybridized carbons (Fsp3) is 0.656. The standard InChI is InChI=1S/C32H52O6/c1-21-19-23(3)28(34)15-13-11-9-8-10-12-14-16-30(38-32(37)24(4)20-21)22(2)17-18-29(35)26(6)31(36)25(5)27(7)33/h8,10,12-15,19-20,22-23,25-31,33-36H,9,11,16-18H2,1-7H3/b10-8+,14-12+,15-13+,21-19+,24-20+. The molecule has 0 saturated carbocycles. The predicted molar refractivity (Wildman–Crippen MR) is 154 cm³/mol. The summed E-state index contributed by atoms with van der Waals surface area (Å²) in [5, 5.41) is 41.4. The normalized spacial score (nSPS) is 32.4. The number of cyclic esters (lactones) is 1. The molecular formula is C32H52O6. The number of ether oxygens (including phenoxy) is 1. The highest BCUT2D eigenvalue weighted by molar-refractivity contribution is 5.88. The summed E-state index contributed by atoms with van der Waals surface area (Å²) in [5.74, 6) is -1.22. The average molecular weight is 533 g/mol. The first-order valence-electron chi connectivity index (χ1n) is 14.1. The van der Waals surface area contributed by atoms with Crippen molar-refractivity contribution in [1.29, 1.82) is 0 Å². The van der Waals surface area contributed by atoms with E-state index >= 15 is 0 Å². The summed E-state index contributed by atoms with van der Waals surface area (Å²) < 4.78 is 5.94. The summed E-state index contributed by atoms with van der Waals surface area (Å²) in [5.41, 5.74) is 1.37. The molecular weight excluding hydrogens is 480 g/mol. The van der Waals surface area contributed by atoms with Crippen molar-refractivity contribution in [3.8, 4) is 0 Å². The lowest BCUT2D eigenvalue weighted by atomic mass is 9.84. The van der Waals surface area contributed by atoms with Gasteiger partial charge in [-0.2, -0.15) is 0 Å². The van der Waals surface area contributed by atoms with Crippen molar-refractivity contribution in [2.75, 3.05) is 0 Å². The van der Waals surface area contributed by atoms with Crippen LogP contribution in [0, 0.1) is 23.7 Å². The highest BCUT2D eigenvalue weighted by Crippen LogP contribution is 2.26. The van der Waals surface area contributed by atoms with Crippen LogP contribution in [0.15, 0.2) is 59.8 Å². The van der Waals surface area contributed by atoms with Gasteiger partial charge in [-0.05, 0) is 58.4 Å². The van der Waals surface area contributed by atoms with Crippen molar-refractivity contribution in [3.63, 3.8) is 0 Å². The first-order chi connectivity index (χ1) is 17.8. The van der Waals surface area contributed by atoms with E-state index in [1.807, 2.05) is 57.2 Å². The SMILES string of the molecule is CC1=C\C(C)C(O)/C=C/CC/C=C/C=C/CC(C(C)CCC(O)C(C)C(O)C(C)C(C)O)OC(=O)\C(C)=C\1. The van der Waals surface area contributed by atoms with Gasteiger partial charge in [-0.3, -0.25) is 0 Å². The van der Waals surface area contributed by atoms with E-state index in [-0.39, 0.29) is 35.7 Å². The Kier molecular flexibility index (Phi) is 15.7. The van der Waals surface area contributed by atoms with Crippen molar-refractivity contribution in [2.24, 2.45) is 23.7 Å². The second kappa shape index (κ2) is 17.6. The minimum atomic E-state index is -0.813.